The largest absolute Gasteiger partial charge is 0.456 e. The van der Waals surface area contributed by atoms with Gasteiger partial charge in [-0.3, -0.25) is 0 Å². The van der Waals surface area contributed by atoms with Crippen LogP contribution < -0.4 is 0 Å². The van der Waals surface area contributed by atoms with E-state index in [1.54, 1.807) is 0 Å². The van der Waals surface area contributed by atoms with Crippen molar-refractivity contribution < 1.29 is 8.83 Å². The van der Waals surface area contributed by atoms with E-state index in [9.17, 15) is 0 Å². The number of furan rings is 2. The van der Waals surface area contributed by atoms with E-state index < -0.39 is 0 Å². The lowest BCUT2D eigenvalue weighted by Crippen LogP contribution is -2.02. The molecule has 0 radical (unpaired) electrons. The van der Waals surface area contributed by atoms with E-state index in [1.165, 1.54) is 21.5 Å². The molecule has 0 bridgehead atoms. The number of para-hydroxylation sites is 3. The molecule has 0 amide bonds. The molecule has 0 aliphatic carbocycles. The van der Waals surface area contributed by atoms with Crippen molar-refractivity contribution in [1.29, 1.82) is 0 Å². The summed E-state index contributed by atoms with van der Waals surface area (Å²) in [4.78, 5) is 15.7. The maximum Gasteiger partial charge on any atom is 0.164 e. The SMILES string of the molecule is c1ccc(-c2nc(-c3ccc4oc5ccccc5c4c3)nc(-c3ccc(-n4c5ccccc5c5cc6ccccc6cc54)cc3-c3cccc4oc5ccccc5c34)n2)cc1. The van der Waals surface area contributed by atoms with Crippen LogP contribution in [0.2, 0.25) is 0 Å². The number of hydrogen-bond acceptors (Lipinski definition) is 5. The second-order valence-electron chi connectivity index (χ2n) is 15.6. The fourth-order valence-electron chi connectivity index (χ4n) is 9.23. The molecular formula is C55H32N4O2. The van der Waals surface area contributed by atoms with Gasteiger partial charge in [-0.1, -0.05) is 121 Å². The van der Waals surface area contributed by atoms with Crippen molar-refractivity contribution in [1.82, 2.24) is 19.5 Å². The van der Waals surface area contributed by atoms with Gasteiger partial charge in [0.25, 0.3) is 0 Å². The Morgan fingerprint density at radius 2 is 0.967 bits per heavy atom. The van der Waals surface area contributed by atoms with Crippen LogP contribution in [0.3, 0.4) is 0 Å². The lowest BCUT2D eigenvalue weighted by molar-refractivity contribution is 0.668. The molecule has 0 aliphatic rings. The molecule has 13 aromatic rings. The fraction of sp³-hybridized carbons (Fsp3) is 0. The van der Waals surface area contributed by atoms with Gasteiger partial charge in [-0.05, 0) is 94.7 Å². The van der Waals surface area contributed by atoms with Crippen molar-refractivity contribution in [3.63, 3.8) is 0 Å². The highest BCUT2D eigenvalue weighted by Crippen LogP contribution is 2.43. The topological polar surface area (TPSA) is 69.9 Å². The highest BCUT2D eigenvalue weighted by molar-refractivity contribution is 6.15. The molecule has 6 nitrogen and oxygen atoms in total. The molecule has 0 atom stereocenters. The summed E-state index contributed by atoms with van der Waals surface area (Å²) in [7, 11) is 0. The number of hydrogen-bond donors (Lipinski definition) is 0. The van der Waals surface area contributed by atoms with Gasteiger partial charge in [-0.15, -0.1) is 0 Å². The summed E-state index contributed by atoms with van der Waals surface area (Å²) in [5, 5.41) is 8.97. The van der Waals surface area contributed by atoms with Crippen LogP contribution in [-0.2, 0) is 0 Å². The Labute approximate surface area is 348 Å². The van der Waals surface area contributed by atoms with Gasteiger partial charge in [0.05, 0.1) is 11.0 Å². The van der Waals surface area contributed by atoms with E-state index in [0.29, 0.717) is 17.5 Å². The Morgan fingerprint density at radius 1 is 0.328 bits per heavy atom. The van der Waals surface area contributed by atoms with Crippen LogP contribution in [0.15, 0.2) is 203 Å². The fourth-order valence-corrected chi connectivity index (χ4v) is 9.23. The summed E-state index contributed by atoms with van der Waals surface area (Å²) in [6.45, 7) is 0. The molecule has 0 N–H and O–H groups in total. The predicted octanol–water partition coefficient (Wildman–Crippen LogP) is 14.6. The average Bonchev–Trinajstić information content (AvgIpc) is 4.00. The quantitative estimate of drug-likeness (QED) is 0.174. The van der Waals surface area contributed by atoms with Crippen molar-refractivity contribution in [2.45, 2.75) is 0 Å². The molecule has 0 spiro atoms. The molecule has 0 aliphatic heterocycles. The first kappa shape index (κ1) is 33.6. The first-order valence-corrected chi connectivity index (χ1v) is 20.4. The van der Waals surface area contributed by atoms with E-state index in [2.05, 4.69) is 120 Å². The Morgan fingerprint density at radius 3 is 1.82 bits per heavy atom. The molecule has 6 heteroatoms. The summed E-state index contributed by atoms with van der Waals surface area (Å²) in [6, 6.07) is 67.5. The number of fused-ring (bicyclic) bond motifs is 10. The number of nitrogens with zero attached hydrogens (tertiary/aromatic N) is 4. The maximum absolute atomic E-state index is 6.48. The van der Waals surface area contributed by atoms with Crippen LogP contribution in [0.25, 0.3) is 127 Å². The third kappa shape index (κ3) is 5.26. The molecule has 0 saturated heterocycles. The van der Waals surface area contributed by atoms with E-state index in [4.69, 9.17) is 23.8 Å². The van der Waals surface area contributed by atoms with Gasteiger partial charge in [0, 0.05) is 54.7 Å². The van der Waals surface area contributed by atoms with Gasteiger partial charge in [-0.2, -0.15) is 0 Å². The normalized spacial score (nSPS) is 11.9. The second kappa shape index (κ2) is 13.1. The van der Waals surface area contributed by atoms with E-state index in [0.717, 1.165) is 88.4 Å². The monoisotopic (exact) mass is 780 g/mol. The molecular weight excluding hydrogens is 749 g/mol. The van der Waals surface area contributed by atoms with Gasteiger partial charge in [0.1, 0.15) is 22.3 Å². The smallest absolute Gasteiger partial charge is 0.164 e. The third-order valence-corrected chi connectivity index (χ3v) is 12.0. The Kier molecular flexibility index (Phi) is 7.21. The van der Waals surface area contributed by atoms with Crippen LogP contribution >= 0.6 is 0 Å². The van der Waals surface area contributed by atoms with Crippen LogP contribution in [0, 0.1) is 0 Å². The minimum Gasteiger partial charge on any atom is -0.456 e. The molecule has 0 unspecified atom stereocenters. The zero-order chi connectivity index (χ0) is 40.0. The van der Waals surface area contributed by atoms with E-state index >= 15 is 0 Å². The Hall–Kier alpha value is -8.35. The van der Waals surface area contributed by atoms with Crippen LogP contribution in [0.5, 0.6) is 0 Å². The highest BCUT2D eigenvalue weighted by atomic mass is 16.3. The maximum atomic E-state index is 6.48. The molecule has 4 aromatic heterocycles. The van der Waals surface area contributed by atoms with Gasteiger partial charge in [0.2, 0.25) is 0 Å². The molecule has 9 aromatic carbocycles. The first-order valence-electron chi connectivity index (χ1n) is 20.4. The van der Waals surface area contributed by atoms with Crippen LogP contribution in [0.1, 0.15) is 0 Å². The van der Waals surface area contributed by atoms with Crippen molar-refractivity contribution >= 4 is 76.5 Å². The Bertz CT molecular complexity index is 3900. The summed E-state index contributed by atoms with van der Waals surface area (Å²) in [6.07, 6.45) is 0. The summed E-state index contributed by atoms with van der Waals surface area (Å²) >= 11 is 0. The summed E-state index contributed by atoms with van der Waals surface area (Å²) < 4.78 is 15.1. The van der Waals surface area contributed by atoms with Crippen molar-refractivity contribution in [3.05, 3.63) is 194 Å². The minimum atomic E-state index is 0.570. The molecule has 13 rings (SSSR count). The van der Waals surface area contributed by atoms with Crippen molar-refractivity contribution in [2.24, 2.45) is 0 Å². The summed E-state index contributed by atoms with van der Waals surface area (Å²) in [5.41, 5.74) is 11.3. The summed E-state index contributed by atoms with van der Waals surface area (Å²) in [5.74, 6) is 1.74. The van der Waals surface area contributed by atoms with Crippen LogP contribution in [0.4, 0.5) is 0 Å². The van der Waals surface area contributed by atoms with E-state index in [1.807, 2.05) is 78.9 Å². The lowest BCUT2D eigenvalue weighted by Gasteiger charge is -2.16. The molecule has 0 saturated carbocycles. The second-order valence-corrected chi connectivity index (χ2v) is 15.6. The van der Waals surface area contributed by atoms with Crippen LogP contribution in [-0.4, -0.2) is 19.5 Å². The number of rotatable bonds is 5. The van der Waals surface area contributed by atoms with Gasteiger partial charge in [0.15, 0.2) is 17.5 Å². The Balaban J connectivity index is 1.10. The van der Waals surface area contributed by atoms with E-state index in [-0.39, 0.29) is 0 Å². The first-order chi connectivity index (χ1) is 30.2. The molecule has 61 heavy (non-hydrogen) atoms. The zero-order valence-corrected chi connectivity index (χ0v) is 32.6. The molecule has 284 valence electrons. The van der Waals surface area contributed by atoms with Crippen molar-refractivity contribution in [2.75, 3.05) is 0 Å². The van der Waals surface area contributed by atoms with Crippen molar-refractivity contribution in [3.8, 4) is 51.0 Å². The number of benzene rings is 9. The third-order valence-electron chi connectivity index (χ3n) is 12.0. The highest BCUT2D eigenvalue weighted by Gasteiger charge is 2.22. The molecule has 4 heterocycles. The predicted molar refractivity (Wildman–Crippen MR) is 248 cm³/mol. The van der Waals surface area contributed by atoms with Gasteiger partial charge < -0.3 is 13.4 Å². The average molecular weight is 781 g/mol. The lowest BCUT2D eigenvalue weighted by atomic mass is 9.94. The zero-order valence-electron chi connectivity index (χ0n) is 32.6. The number of aromatic nitrogens is 4. The molecule has 0 fully saturated rings. The van der Waals surface area contributed by atoms with Gasteiger partial charge in [-0.25, -0.2) is 15.0 Å². The van der Waals surface area contributed by atoms with Gasteiger partial charge >= 0.3 is 0 Å². The minimum absolute atomic E-state index is 0.570. The standard InChI is InChI=1S/C55H32N4O2/c1-2-13-33(14-3-1)53-56-54(36-25-28-50-45(30-36)39-18-7-10-22-48(39)60-50)58-55(57-53)41-27-26-37(32-43(41)40-20-12-24-51-52(40)42-19-8-11-23-49(42)61-51)59-46-21-9-6-17-38(46)44-29-34-15-4-5-16-35(34)31-47(44)59/h1-32H.